The lowest BCUT2D eigenvalue weighted by Gasteiger charge is -2.26. The molecule has 1 aliphatic rings. The number of carboxylic acids is 1. The summed E-state index contributed by atoms with van der Waals surface area (Å²) in [5, 5.41) is 14.5. The van der Waals surface area contributed by atoms with Crippen molar-refractivity contribution in [2.75, 3.05) is 6.61 Å². The molecule has 0 aromatic heterocycles. The van der Waals surface area contributed by atoms with Crippen LogP contribution in [0.4, 0.5) is 4.79 Å². The van der Waals surface area contributed by atoms with E-state index in [-0.39, 0.29) is 25.6 Å². The molecular formula is C31H32N2O6. The number of hydrogen-bond acceptors (Lipinski definition) is 5. The zero-order valence-corrected chi connectivity index (χ0v) is 21.7. The Kier molecular flexibility index (Phi) is 9.12. The molecule has 3 unspecified atom stereocenters. The molecule has 3 aromatic rings. The fourth-order valence-corrected chi connectivity index (χ4v) is 4.71. The minimum atomic E-state index is -1.21. The Morgan fingerprint density at radius 2 is 1.51 bits per heavy atom. The molecule has 1 aliphatic carbocycles. The normalized spacial score (nSPS) is 14.3. The van der Waals surface area contributed by atoms with Crippen LogP contribution in [0.2, 0.25) is 0 Å². The number of rotatable bonds is 12. The van der Waals surface area contributed by atoms with Gasteiger partial charge in [0.1, 0.15) is 18.7 Å². The molecular weight excluding hydrogens is 496 g/mol. The summed E-state index contributed by atoms with van der Waals surface area (Å²) in [5.74, 6) is -2.05. The number of carbonyl (C=O) groups excluding carboxylic acids is 2. The number of fused-ring (bicyclic) bond motifs is 3. The summed E-state index contributed by atoms with van der Waals surface area (Å²) >= 11 is 0. The van der Waals surface area contributed by atoms with Gasteiger partial charge in [-0.05, 0) is 41.2 Å². The predicted molar refractivity (Wildman–Crippen MR) is 147 cm³/mol. The van der Waals surface area contributed by atoms with E-state index < -0.39 is 36.2 Å². The van der Waals surface area contributed by atoms with Crippen molar-refractivity contribution in [3.05, 3.63) is 108 Å². The molecule has 3 atom stereocenters. The first-order valence-electron chi connectivity index (χ1n) is 12.8. The molecule has 0 saturated heterocycles. The van der Waals surface area contributed by atoms with Gasteiger partial charge in [-0.25, -0.2) is 9.59 Å². The summed E-state index contributed by atoms with van der Waals surface area (Å²) in [5.41, 5.74) is 5.22. The number of aliphatic carboxylic acids is 1. The highest BCUT2D eigenvalue weighted by Crippen LogP contribution is 2.44. The molecule has 8 nitrogen and oxygen atoms in total. The van der Waals surface area contributed by atoms with Crippen LogP contribution in [0.3, 0.4) is 0 Å². The van der Waals surface area contributed by atoms with Gasteiger partial charge in [-0.1, -0.05) is 84.9 Å². The average Bonchev–Trinajstić information content (AvgIpc) is 3.27. The zero-order chi connectivity index (χ0) is 27.8. The van der Waals surface area contributed by atoms with Crippen molar-refractivity contribution in [1.29, 1.82) is 0 Å². The van der Waals surface area contributed by atoms with E-state index in [2.05, 4.69) is 17.2 Å². The minimum Gasteiger partial charge on any atom is -0.480 e. The van der Waals surface area contributed by atoms with Gasteiger partial charge in [0, 0.05) is 5.92 Å². The van der Waals surface area contributed by atoms with Crippen molar-refractivity contribution < 1.29 is 29.0 Å². The maximum absolute atomic E-state index is 13.1. The van der Waals surface area contributed by atoms with E-state index in [4.69, 9.17) is 9.47 Å². The Morgan fingerprint density at radius 3 is 2.10 bits per heavy atom. The molecule has 0 aliphatic heterocycles. The Hall–Kier alpha value is -4.43. The van der Waals surface area contributed by atoms with E-state index in [0.29, 0.717) is 0 Å². The zero-order valence-electron chi connectivity index (χ0n) is 21.7. The van der Waals surface area contributed by atoms with Crippen molar-refractivity contribution in [1.82, 2.24) is 10.6 Å². The van der Waals surface area contributed by atoms with Gasteiger partial charge in [-0.3, -0.25) is 4.79 Å². The molecule has 8 heteroatoms. The van der Waals surface area contributed by atoms with Crippen LogP contribution in [0.25, 0.3) is 11.1 Å². The molecule has 3 aromatic carbocycles. The number of benzene rings is 3. The molecule has 39 heavy (non-hydrogen) atoms. The smallest absolute Gasteiger partial charge is 0.407 e. The number of carbonyl (C=O) groups is 3. The molecule has 0 fully saturated rings. The molecule has 0 spiro atoms. The summed E-state index contributed by atoms with van der Waals surface area (Å²) in [6.07, 6.45) is -0.160. The van der Waals surface area contributed by atoms with Crippen LogP contribution < -0.4 is 10.6 Å². The van der Waals surface area contributed by atoms with Gasteiger partial charge in [-0.2, -0.15) is 0 Å². The summed E-state index contributed by atoms with van der Waals surface area (Å²) in [6, 6.07) is 23.0. The first-order valence-corrected chi connectivity index (χ1v) is 12.8. The highest BCUT2D eigenvalue weighted by atomic mass is 16.5. The van der Waals surface area contributed by atoms with Gasteiger partial charge in [0.05, 0.1) is 12.7 Å². The van der Waals surface area contributed by atoms with Gasteiger partial charge in [-0.15, -0.1) is 6.58 Å². The molecule has 4 rings (SSSR count). The SMILES string of the molecule is C=CCC(NC(=O)C(NC(=O)OCC1c2ccccc2-c2ccccc21)C(C)OCc1ccccc1)C(=O)O. The first kappa shape index (κ1) is 27.6. The predicted octanol–water partition coefficient (Wildman–Crippen LogP) is 4.64. The molecule has 202 valence electrons. The van der Waals surface area contributed by atoms with Crippen molar-refractivity contribution >= 4 is 18.0 Å². The van der Waals surface area contributed by atoms with E-state index >= 15 is 0 Å². The maximum atomic E-state index is 13.1. The van der Waals surface area contributed by atoms with Gasteiger partial charge < -0.3 is 25.2 Å². The van der Waals surface area contributed by atoms with E-state index in [1.807, 2.05) is 78.9 Å². The van der Waals surface area contributed by atoms with Crippen molar-refractivity contribution in [3.8, 4) is 11.1 Å². The second-order valence-corrected chi connectivity index (χ2v) is 9.37. The van der Waals surface area contributed by atoms with Crippen LogP contribution >= 0.6 is 0 Å². The van der Waals surface area contributed by atoms with E-state index in [1.54, 1.807) is 6.92 Å². The van der Waals surface area contributed by atoms with Crippen molar-refractivity contribution in [2.45, 2.75) is 44.1 Å². The molecule has 0 heterocycles. The Bertz CT molecular complexity index is 1280. The van der Waals surface area contributed by atoms with Gasteiger partial charge in [0.2, 0.25) is 5.91 Å². The largest absolute Gasteiger partial charge is 0.480 e. The van der Waals surface area contributed by atoms with Crippen LogP contribution in [0, 0.1) is 0 Å². The van der Waals surface area contributed by atoms with E-state index in [1.165, 1.54) is 6.08 Å². The molecule has 2 amide bonds. The van der Waals surface area contributed by atoms with Crippen LogP contribution in [-0.4, -0.2) is 47.9 Å². The van der Waals surface area contributed by atoms with Crippen molar-refractivity contribution in [3.63, 3.8) is 0 Å². The standard InChI is InChI=1S/C31H32N2O6/c1-3-11-27(30(35)36)32-29(34)28(20(2)38-18-21-12-5-4-6-13-21)33-31(37)39-19-26-24-16-9-7-14-22(24)23-15-8-10-17-25(23)26/h3-10,12-17,20,26-28H,1,11,18-19H2,2H3,(H,32,34)(H,33,37)(H,35,36). The topological polar surface area (TPSA) is 114 Å². The lowest BCUT2D eigenvalue weighted by molar-refractivity contribution is -0.142. The van der Waals surface area contributed by atoms with Gasteiger partial charge in [0.15, 0.2) is 0 Å². The van der Waals surface area contributed by atoms with Crippen LogP contribution in [0.1, 0.15) is 36.0 Å². The third-order valence-electron chi connectivity index (χ3n) is 6.74. The number of nitrogens with one attached hydrogen (secondary N) is 2. The Balaban J connectivity index is 1.45. The van der Waals surface area contributed by atoms with Crippen LogP contribution in [0.5, 0.6) is 0 Å². The molecule has 3 N–H and O–H groups in total. The van der Waals surface area contributed by atoms with Crippen LogP contribution in [0.15, 0.2) is 91.5 Å². The number of hydrogen-bond donors (Lipinski definition) is 3. The third-order valence-corrected chi connectivity index (χ3v) is 6.74. The Morgan fingerprint density at radius 1 is 0.923 bits per heavy atom. The average molecular weight is 529 g/mol. The van der Waals surface area contributed by atoms with E-state index in [9.17, 15) is 19.5 Å². The second kappa shape index (κ2) is 12.9. The fourth-order valence-electron chi connectivity index (χ4n) is 4.71. The second-order valence-electron chi connectivity index (χ2n) is 9.37. The first-order chi connectivity index (χ1) is 18.9. The highest BCUT2D eigenvalue weighted by molar-refractivity contribution is 5.89. The lowest BCUT2D eigenvalue weighted by atomic mass is 9.98. The van der Waals surface area contributed by atoms with Crippen LogP contribution in [-0.2, 0) is 25.7 Å². The van der Waals surface area contributed by atoms with Gasteiger partial charge >= 0.3 is 12.1 Å². The lowest BCUT2D eigenvalue weighted by Crippen LogP contribution is -2.56. The molecule has 0 saturated carbocycles. The molecule has 0 radical (unpaired) electrons. The number of ether oxygens (including phenoxy) is 2. The number of carboxylic acid groups (broad SMARTS) is 1. The molecule has 0 bridgehead atoms. The monoisotopic (exact) mass is 528 g/mol. The summed E-state index contributed by atoms with van der Waals surface area (Å²) in [7, 11) is 0. The minimum absolute atomic E-state index is 0.0258. The third kappa shape index (κ3) is 6.72. The quantitative estimate of drug-likeness (QED) is 0.295. The fraction of sp³-hybridized carbons (Fsp3) is 0.258. The van der Waals surface area contributed by atoms with Gasteiger partial charge in [0.25, 0.3) is 0 Å². The van der Waals surface area contributed by atoms with Crippen molar-refractivity contribution in [2.24, 2.45) is 0 Å². The van der Waals surface area contributed by atoms with E-state index in [0.717, 1.165) is 27.8 Å². The number of alkyl carbamates (subject to hydrolysis) is 1. The Labute approximate surface area is 227 Å². The highest BCUT2D eigenvalue weighted by Gasteiger charge is 2.33. The number of amides is 2. The summed E-state index contributed by atoms with van der Waals surface area (Å²) in [6.45, 7) is 5.46. The summed E-state index contributed by atoms with van der Waals surface area (Å²) in [4.78, 5) is 37.7. The summed E-state index contributed by atoms with van der Waals surface area (Å²) < 4.78 is 11.5. The maximum Gasteiger partial charge on any atom is 0.407 e.